The fourth-order valence-corrected chi connectivity index (χ4v) is 1.47. The minimum atomic E-state index is -0.421. The lowest BCUT2D eigenvalue weighted by Gasteiger charge is -2.11. The van der Waals surface area contributed by atoms with Gasteiger partial charge in [0.25, 0.3) is 0 Å². The Bertz CT molecular complexity index is 419. The third-order valence-electron chi connectivity index (χ3n) is 2.26. The standard InChI is InChI=1S/C13H17NO4.ClH/c1-3-17-13(16)8-12(14)10-4-6-11(7-5-10)18-9(2)15;/h4-7,12H,3,8,14H2,1-2H3;1H/t12-;/m1./s1. The fourth-order valence-electron chi connectivity index (χ4n) is 1.47. The molecule has 1 aromatic rings. The Morgan fingerprint density at radius 3 is 2.32 bits per heavy atom. The lowest BCUT2D eigenvalue weighted by molar-refractivity contribution is -0.143. The molecule has 0 amide bonds. The zero-order valence-corrected chi connectivity index (χ0v) is 11.7. The normalized spacial score (nSPS) is 11.1. The van der Waals surface area contributed by atoms with Crippen LogP contribution in [0.25, 0.3) is 0 Å². The molecule has 106 valence electrons. The summed E-state index contributed by atoms with van der Waals surface area (Å²) in [5.74, 6) is -0.248. The number of benzene rings is 1. The van der Waals surface area contributed by atoms with E-state index >= 15 is 0 Å². The van der Waals surface area contributed by atoms with Crippen molar-refractivity contribution in [3.8, 4) is 5.75 Å². The van der Waals surface area contributed by atoms with Gasteiger partial charge in [-0.3, -0.25) is 9.59 Å². The number of nitrogens with two attached hydrogens (primary N) is 1. The van der Waals surface area contributed by atoms with Crippen LogP contribution in [0, 0.1) is 0 Å². The van der Waals surface area contributed by atoms with Crippen molar-refractivity contribution < 1.29 is 19.1 Å². The van der Waals surface area contributed by atoms with Gasteiger partial charge in [-0.05, 0) is 24.6 Å². The third-order valence-corrected chi connectivity index (χ3v) is 2.26. The maximum Gasteiger partial charge on any atom is 0.308 e. The van der Waals surface area contributed by atoms with Crippen LogP contribution in [-0.2, 0) is 14.3 Å². The van der Waals surface area contributed by atoms with Crippen LogP contribution in [0.1, 0.15) is 31.9 Å². The van der Waals surface area contributed by atoms with E-state index in [9.17, 15) is 9.59 Å². The number of rotatable bonds is 5. The van der Waals surface area contributed by atoms with Crippen LogP contribution < -0.4 is 10.5 Å². The first kappa shape index (κ1) is 17.4. The summed E-state index contributed by atoms with van der Waals surface area (Å²) in [7, 11) is 0. The minimum Gasteiger partial charge on any atom is -0.466 e. The Morgan fingerprint density at radius 1 is 1.26 bits per heavy atom. The second-order valence-corrected chi connectivity index (χ2v) is 3.78. The molecule has 0 saturated heterocycles. The molecule has 0 fully saturated rings. The topological polar surface area (TPSA) is 78.6 Å². The van der Waals surface area contributed by atoms with Crippen molar-refractivity contribution in [1.82, 2.24) is 0 Å². The number of esters is 2. The number of hydrogen-bond acceptors (Lipinski definition) is 5. The number of carbonyl (C=O) groups excluding carboxylic acids is 2. The van der Waals surface area contributed by atoms with E-state index in [0.29, 0.717) is 12.4 Å². The average Bonchev–Trinajstić information content (AvgIpc) is 2.29. The Labute approximate surface area is 118 Å². The highest BCUT2D eigenvalue weighted by atomic mass is 35.5. The van der Waals surface area contributed by atoms with E-state index in [4.69, 9.17) is 15.2 Å². The van der Waals surface area contributed by atoms with Crippen LogP contribution in [-0.4, -0.2) is 18.5 Å². The largest absolute Gasteiger partial charge is 0.466 e. The zero-order chi connectivity index (χ0) is 13.5. The summed E-state index contributed by atoms with van der Waals surface area (Å²) < 4.78 is 9.72. The number of ether oxygens (including phenoxy) is 2. The summed E-state index contributed by atoms with van der Waals surface area (Å²) in [6, 6.07) is 6.31. The van der Waals surface area contributed by atoms with Crippen LogP contribution in [0.3, 0.4) is 0 Å². The molecule has 1 atom stereocenters. The molecule has 0 unspecified atom stereocenters. The van der Waals surface area contributed by atoms with Gasteiger partial charge in [0.05, 0.1) is 13.0 Å². The predicted octanol–water partition coefficient (Wildman–Crippen LogP) is 1.99. The van der Waals surface area contributed by atoms with Crippen molar-refractivity contribution in [2.45, 2.75) is 26.3 Å². The highest BCUT2D eigenvalue weighted by Crippen LogP contribution is 2.19. The van der Waals surface area contributed by atoms with Crippen LogP contribution in [0.4, 0.5) is 0 Å². The molecular formula is C13H18ClNO4. The molecule has 0 aliphatic rings. The predicted molar refractivity (Wildman–Crippen MR) is 73.2 cm³/mol. The van der Waals surface area contributed by atoms with E-state index in [2.05, 4.69) is 0 Å². The molecule has 0 aliphatic carbocycles. The van der Waals surface area contributed by atoms with Gasteiger partial charge in [0.15, 0.2) is 0 Å². The Hall–Kier alpha value is -1.59. The molecule has 0 heterocycles. The maximum atomic E-state index is 11.3. The first-order chi connectivity index (χ1) is 8.52. The number of carbonyl (C=O) groups is 2. The highest BCUT2D eigenvalue weighted by Gasteiger charge is 2.12. The summed E-state index contributed by atoms with van der Waals surface area (Å²) >= 11 is 0. The summed E-state index contributed by atoms with van der Waals surface area (Å²) in [5.41, 5.74) is 6.66. The molecule has 0 spiro atoms. The first-order valence-electron chi connectivity index (χ1n) is 5.72. The Kier molecular flexibility index (Phi) is 7.79. The van der Waals surface area contributed by atoms with Gasteiger partial charge in [-0.15, -0.1) is 12.4 Å². The molecule has 6 heteroatoms. The van der Waals surface area contributed by atoms with Crippen molar-refractivity contribution in [3.05, 3.63) is 29.8 Å². The summed E-state index contributed by atoms with van der Waals surface area (Å²) in [4.78, 5) is 22.0. The lowest BCUT2D eigenvalue weighted by Crippen LogP contribution is -2.17. The van der Waals surface area contributed by atoms with Crippen LogP contribution >= 0.6 is 12.4 Å². The van der Waals surface area contributed by atoms with Crippen LogP contribution in [0.15, 0.2) is 24.3 Å². The molecule has 2 N–H and O–H groups in total. The zero-order valence-electron chi connectivity index (χ0n) is 10.9. The molecular weight excluding hydrogens is 270 g/mol. The van der Waals surface area contributed by atoms with Crippen molar-refractivity contribution in [3.63, 3.8) is 0 Å². The van der Waals surface area contributed by atoms with E-state index in [1.165, 1.54) is 6.92 Å². The van der Waals surface area contributed by atoms with Gasteiger partial charge in [-0.2, -0.15) is 0 Å². The monoisotopic (exact) mass is 287 g/mol. The molecule has 1 rings (SSSR count). The van der Waals surface area contributed by atoms with Gasteiger partial charge in [0, 0.05) is 13.0 Å². The molecule has 0 aromatic heterocycles. The SMILES string of the molecule is CCOC(=O)C[C@@H](N)c1ccc(OC(C)=O)cc1.Cl. The van der Waals surface area contributed by atoms with E-state index in [1.54, 1.807) is 31.2 Å². The lowest BCUT2D eigenvalue weighted by atomic mass is 10.0. The highest BCUT2D eigenvalue weighted by molar-refractivity contribution is 5.85. The van der Waals surface area contributed by atoms with Crippen molar-refractivity contribution in [2.75, 3.05) is 6.61 Å². The van der Waals surface area contributed by atoms with E-state index in [-0.39, 0.29) is 30.8 Å². The summed E-state index contributed by atoms with van der Waals surface area (Å²) in [5, 5.41) is 0. The number of hydrogen-bond donors (Lipinski definition) is 1. The van der Waals surface area contributed by atoms with Gasteiger partial charge in [-0.25, -0.2) is 0 Å². The van der Waals surface area contributed by atoms with E-state index in [0.717, 1.165) is 5.56 Å². The minimum absolute atomic E-state index is 0. The van der Waals surface area contributed by atoms with Crippen LogP contribution in [0.5, 0.6) is 5.75 Å². The molecule has 1 aromatic carbocycles. The number of halogens is 1. The van der Waals surface area contributed by atoms with E-state index < -0.39 is 6.04 Å². The third kappa shape index (κ3) is 6.22. The molecule has 0 bridgehead atoms. The van der Waals surface area contributed by atoms with Gasteiger partial charge < -0.3 is 15.2 Å². The summed E-state index contributed by atoms with van der Waals surface area (Å²) in [6.07, 6.45) is 0.126. The molecule has 0 saturated carbocycles. The Morgan fingerprint density at radius 2 is 1.84 bits per heavy atom. The second kappa shape index (κ2) is 8.50. The maximum absolute atomic E-state index is 11.3. The van der Waals surface area contributed by atoms with Gasteiger partial charge >= 0.3 is 11.9 Å². The quantitative estimate of drug-likeness (QED) is 0.662. The molecule has 0 radical (unpaired) electrons. The van der Waals surface area contributed by atoms with Crippen molar-refractivity contribution in [1.29, 1.82) is 0 Å². The molecule has 19 heavy (non-hydrogen) atoms. The Balaban J connectivity index is 0.00000324. The smallest absolute Gasteiger partial charge is 0.308 e. The first-order valence-corrected chi connectivity index (χ1v) is 5.72. The van der Waals surface area contributed by atoms with Gasteiger partial charge in [0.2, 0.25) is 0 Å². The summed E-state index contributed by atoms with van der Waals surface area (Å²) in [6.45, 7) is 3.43. The second-order valence-electron chi connectivity index (χ2n) is 3.78. The van der Waals surface area contributed by atoms with Gasteiger partial charge in [0.1, 0.15) is 5.75 Å². The molecule has 0 aliphatic heterocycles. The van der Waals surface area contributed by atoms with Gasteiger partial charge in [-0.1, -0.05) is 12.1 Å². The van der Waals surface area contributed by atoms with Crippen molar-refractivity contribution >= 4 is 24.3 Å². The average molecular weight is 288 g/mol. The van der Waals surface area contributed by atoms with Crippen molar-refractivity contribution in [2.24, 2.45) is 5.73 Å². The molecule has 5 nitrogen and oxygen atoms in total. The van der Waals surface area contributed by atoms with E-state index in [1.807, 2.05) is 0 Å². The van der Waals surface area contributed by atoms with Crippen LogP contribution in [0.2, 0.25) is 0 Å². The fraction of sp³-hybridized carbons (Fsp3) is 0.385.